The summed E-state index contributed by atoms with van der Waals surface area (Å²) in [5.41, 5.74) is 0.822. The molecule has 0 bridgehead atoms. The third kappa shape index (κ3) is 4.76. The van der Waals surface area contributed by atoms with Gasteiger partial charge in [0.25, 0.3) is 5.91 Å². The van der Waals surface area contributed by atoms with Gasteiger partial charge in [0.05, 0.1) is 17.7 Å². The molecule has 8 nitrogen and oxygen atoms in total. The van der Waals surface area contributed by atoms with Crippen LogP contribution in [0.15, 0.2) is 58.1 Å². The van der Waals surface area contributed by atoms with E-state index in [2.05, 4.69) is 10.1 Å². The van der Waals surface area contributed by atoms with Crippen molar-refractivity contribution >= 4 is 45.8 Å². The number of rotatable bonds is 6. The van der Waals surface area contributed by atoms with Gasteiger partial charge in [-0.2, -0.15) is 15.1 Å². The number of nitrogens with zero attached hydrogens (tertiary/aromatic N) is 3. The van der Waals surface area contributed by atoms with Gasteiger partial charge in [-0.1, -0.05) is 19.9 Å². The van der Waals surface area contributed by atoms with Gasteiger partial charge in [-0.15, -0.1) is 0 Å². The van der Waals surface area contributed by atoms with Gasteiger partial charge in [-0.3, -0.25) is 10.2 Å². The first-order valence-electron chi connectivity index (χ1n) is 10.5. The van der Waals surface area contributed by atoms with Crippen LogP contribution in [0.3, 0.4) is 0 Å². The van der Waals surface area contributed by atoms with Crippen LogP contribution in [0, 0.1) is 17.1 Å². The van der Waals surface area contributed by atoms with E-state index in [1.807, 2.05) is 13.8 Å². The molecule has 2 aliphatic heterocycles. The van der Waals surface area contributed by atoms with Crippen LogP contribution in [0.4, 0.5) is 4.39 Å². The predicted molar refractivity (Wildman–Crippen MR) is 129 cm³/mol. The molecule has 1 amide bonds. The number of carbonyl (C=O) groups excluding carboxylic acids is 2. The zero-order valence-corrected chi connectivity index (χ0v) is 19.5. The second-order valence-corrected chi connectivity index (χ2v) is 8.64. The number of nitrogens with one attached hydrogen (secondary N) is 1. The van der Waals surface area contributed by atoms with Crippen molar-refractivity contribution in [3.05, 3.63) is 65.0 Å². The molecule has 10 heteroatoms. The zero-order valence-electron chi connectivity index (χ0n) is 18.7. The number of esters is 1. The molecule has 0 aliphatic carbocycles. The van der Waals surface area contributed by atoms with Gasteiger partial charge in [-0.25, -0.2) is 9.18 Å². The summed E-state index contributed by atoms with van der Waals surface area (Å²) in [6, 6.07) is 9.77. The number of fused-ring (bicyclic) bond motifs is 1. The van der Waals surface area contributed by atoms with E-state index in [0.717, 1.165) is 5.04 Å². The van der Waals surface area contributed by atoms with Gasteiger partial charge in [0.1, 0.15) is 10.9 Å². The predicted octanol–water partition coefficient (Wildman–Crippen LogP) is 4.72. The molecule has 2 heterocycles. The minimum atomic E-state index is -0.663. The number of hydrogen-bond acceptors (Lipinski definition) is 7. The number of hydrazone groups is 1. The number of benzene rings is 2. The summed E-state index contributed by atoms with van der Waals surface area (Å²) in [4.78, 5) is 29.1. The maximum Gasteiger partial charge on any atom is 0.343 e. The fourth-order valence-corrected chi connectivity index (χ4v) is 4.01. The molecule has 4 rings (SSSR count). The third-order valence-electron chi connectivity index (χ3n) is 4.83. The van der Waals surface area contributed by atoms with Crippen LogP contribution in [0.1, 0.15) is 36.7 Å². The minimum absolute atomic E-state index is 0.0667. The van der Waals surface area contributed by atoms with Gasteiger partial charge < -0.3 is 9.47 Å². The minimum Gasteiger partial charge on any atom is -0.490 e. The first-order valence-corrected chi connectivity index (χ1v) is 11.3. The van der Waals surface area contributed by atoms with Crippen LogP contribution in [0.2, 0.25) is 0 Å². The lowest BCUT2D eigenvalue weighted by molar-refractivity contribution is -0.114. The van der Waals surface area contributed by atoms with Crippen LogP contribution in [-0.2, 0) is 4.79 Å². The standard InChI is InChI=1S/C24H21FN4O4S/c1-4-32-19-12-14(5-10-18(19)33-23(31)15-6-8-16(25)9-7-15)11-17-20(26)29-24(27-21(17)30)34-22(28-29)13(2)3/h5-13,26H,4H2,1-3H3/b17-11+,26-20?. The molecule has 2 aromatic carbocycles. The second kappa shape index (κ2) is 9.60. The Morgan fingerprint density at radius 1 is 1.21 bits per heavy atom. The lowest BCUT2D eigenvalue weighted by Gasteiger charge is -2.20. The Bertz CT molecular complexity index is 1270. The Morgan fingerprint density at radius 3 is 2.62 bits per heavy atom. The van der Waals surface area contributed by atoms with Crippen molar-refractivity contribution in [3.8, 4) is 11.5 Å². The summed E-state index contributed by atoms with van der Waals surface area (Å²) in [5, 5.41) is 15.4. The highest BCUT2D eigenvalue weighted by atomic mass is 32.2. The second-order valence-electron chi connectivity index (χ2n) is 7.65. The van der Waals surface area contributed by atoms with Crippen LogP contribution in [0.25, 0.3) is 6.08 Å². The Balaban J connectivity index is 1.61. The number of amides is 1. The lowest BCUT2D eigenvalue weighted by Crippen LogP contribution is -2.35. The van der Waals surface area contributed by atoms with Crippen LogP contribution < -0.4 is 9.47 Å². The first kappa shape index (κ1) is 23.4. The Morgan fingerprint density at radius 2 is 1.94 bits per heavy atom. The largest absolute Gasteiger partial charge is 0.490 e. The summed E-state index contributed by atoms with van der Waals surface area (Å²) in [6.07, 6.45) is 1.52. The van der Waals surface area contributed by atoms with Crippen LogP contribution in [-0.4, -0.2) is 39.5 Å². The molecule has 34 heavy (non-hydrogen) atoms. The molecule has 0 atom stereocenters. The lowest BCUT2D eigenvalue weighted by atomic mass is 10.1. The fraction of sp³-hybridized carbons (Fsp3) is 0.208. The molecule has 2 aliphatic rings. The SMILES string of the molecule is CCOc1cc(/C=C2\C(=N)N3N=C(C(C)C)SC3=NC2=O)ccc1OC(=O)c1ccc(F)cc1. The topological polar surface area (TPSA) is 104 Å². The van der Waals surface area contributed by atoms with E-state index < -0.39 is 17.7 Å². The van der Waals surface area contributed by atoms with Crippen LogP contribution >= 0.6 is 11.8 Å². The smallest absolute Gasteiger partial charge is 0.343 e. The van der Waals surface area contributed by atoms with Crippen molar-refractivity contribution in [2.45, 2.75) is 20.8 Å². The number of halogens is 1. The van der Waals surface area contributed by atoms with Gasteiger partial charge in [0, 0.05) is 5.92 Å². The van der Waals surface area contributed by atoms with Crippen molar-refractivity contribution < 1.29 is 23.5 Å². The summed E-state index contributed by atoms with van der Waals surface area (Å²) in [5.74, 6) is -1.12. The average Bonchev–Trinajstić information content (AvgIpc) is 3.23. The van der Waals surface area contributed by atoms with E-state index in [9.17, 15) is 14.0 Å². The molecular weight excluding hydrogens is 459 g/mol. The average molecular weight is 481 g/mol. The van der Waals surface area contributed by atoms with Gasteiger partial charge in [-0.05, 0) is 66.7 Å². The number of amidine groups is 2. The van der Waals surface area contributed by atoms with E-state index in [4.69, 9.17) is 14.9 Å². The molecule has 0 fully saturated rings. The van der Waals surface area contributed by atoms with E-state index in [-0.39, 0.29) is 34.4 Å². The third-order valence-corrected chi connectivity index (χ3v) is 6.03. The molecule has 0 saturated heterocycles. The normalized spacial score (nSPS) is 16.5. The number of aliphatic imine (C=N–C) groups is 1. The van der Waals surface area contributed by atoms with E-state index in [1.54, 1.807) is 19.1 Å². The summed E-state index contributed by atoms with van der Waals surface area (Å²) < 4.78 is 24.2. The molecule has 1 N–H and O–H groups in total. The zero-order chi connectivity index (χ0) is 24.4. The molecule has 2 aromatic rings. The van der Waals surface area contributed by atoms with Gasteiger partial charge in [0.15, 0.2) is 17.3 Å². The molecule has 0 aromatic heterocycles. The molecule has 174 valence electrons. The molecule has 0 spiro atoms. The number of carbonyl (C=O) groups is 2. The Labute approximate surface area is 199 Å². The summed E-state index contributed by atoms with van der Waals surface area (Å²) in [6.45, 7) is 6.05. The maximum absolute atomic E-state index is 13.1. The number of thioether (sulfide) groups is 1. The highest BCUT2D eigenvalue weighted by Gasteiger charge is 2.36. The molecule has 0 unspecified atom stereocenters. The fourth-order valence-electron chi connectivity index (χ4n) is 3.12. The summed E-state index contributed by atoms with van der Waals surface area (Å²) >= 11 is 1.28. The monoisotopic (exact) mass is 480 g/mol. The summed E-state index contributed by atoms with van der Waals surface area (Å²) in [7, 11) is 0. The maximum atomic E-state index is 13.1. The number of hydrogen-bond donors (Lipinski definition) is 1. The molecule has 0 radical (unpaired) electrons. The number of ether oxygens (including phenoxy) is 2. The van der Waals surface area contributed by atoms with E-state index in [0.29, 0.717) is 17.3 Å². The highest BCUT2D eigenvalue weighted by molar-refractivity contribution is 8.27. The van der Waals surface area contributed by atoms with Crippen molar-refractivity contribution in [1.29, 1.82) is 5.41 Å². The van der Waals surface area contributed by atoms with E-state index >= 15 is 0 Å². The highest BCUT2D eigenvalue weighted by Crippen LogP contribution is 2.33. The molecule has 0 saturated carbocycles. The van der Waals surface area contributed by atoms with Crippen LogP contribution in [0.5, 0.6) is 11.5 Å². The first-order chi connectivity index (χ1) is 16.3. The van der Waals surface area contributed by atoms with Crippen molar-refractivity contribution in [1.82, 2.24) is 5.01 Å². The van der Waals surface area contributed by atoms with Gasteiger partial charge >= 0.3 is 5.97 Å². The Kier molecular flexibility index (Phi) is 6.60. The van der Waals surface area contributed by atoms with Crippen molar-refractivity contribution in [2.75, 3.05) is 6.61 Å². The van der Waals surface area contributed by atoms with Crippen molar-refractivity contribution in [3.63, 3.8) is 0 Å². The molecular formula is C24H21FN4O4S. The van der Waals surface area contributed by atoms with E-state index in [1.165, 1.54) is 53.2 Å². The van der Waals surface area contributed by atoms with Gasteiger partial charge in [0.2, 0.25) is 5.17 Å². The van der Waals surface area contributed by atoms with Crippen molar-refractivity contribution in [2.24, 2.45) is 16.0 Å². The quantitative estimate of drug-likeness (QED) is 0.365. The Hall–Kier alpha value is -3.79.